The van der Waals surface area contributed by atoms with Crippen molar-refractivity contribution in [2.75, 3.05) is 37.9 Å². The molecule has 40 heavy (non-hydrogen) atoms. The van der Waals surface area contributed by atoms with Crippen LogP contribution in [0.3, 0.4) is 0 Å². The van der Waals surface area contributed by atoms with Crippen LogP contribution in [-0.4, -0.2) is 58.7 Å². The van der Waals surface area contributed by atoms with Gasteiger partial charge in [0.15, 0.2) is 22.4 Å². The number of aromatic nitrogens is 3. The van der Waals surface area contributed by atoms with Crippen molar-refractivity contribution in [3.8, 4) is 11.5 Å². The van der Waals surface area contributed by atoms with Crippen molar-refractivity contribution in [1.82, 2.24) is 25.2 Å². The molecule has 4 aromatic rings. The molecule has 0 radical (unpaired) electrons. The Balaban J connectivity index is 1.00. The lowest BCUT2D eigenvalue weighted by molar-refractivity contribution is 0.0921. The van der Waals surface area contributed by atoms with Crippen LogP contribution in [0.5, 0.6) is 11.5 Å². The predicted molar refractivity (Wildman–Crippen MR) is 151 cm³/mol. The summed E-state index contributed by atoms with van der Waals surface area (Å²) in [5.41, 5.74) is 3.12. The second-order valence-corrected chi connectivity index (χ2v) is 10.6. The second kappa shape index (κ2) is 12.0. The minimum Gasteiger partial charge on any atom is -0.455 e. The van der Waals surface area contributed by atoms with E-state index in [9.17, 15) is 4.79 Å². The highest BCUT2D eigenvalue weighted by Gasteiger charge is 2.21. The van der Waals surface area contributed by atoms with E-state index in [0.717, 1.165) is 61.3 Å². The number of rotatable bonds is 9. The number of furan rings is 1. The van der Waals surface area contributed by atoms with Crippen molar-refractivity contribution in [2.24, 2.45) is 0 Å². The molecule has 10 nitrogen and oxygen atoms in total. The Hall–Kier alpha value is -4.09. The van der Waals surface area contributed by atoms with E-state index in [4.69, 9.17) is 18.9 Å². The van der Waals surface area contributed by atoms with Crippen LogP contribution >= 0.6 is 11.8 Å². The topological polar surface area (TPSA) is 106 Å². The molecule has 1 N–H and O–H groups in total. The summed E-state index contributed by atoms with van der Waals surface area (Å²) in [5, 5.41) is 3.56. The maximum Gasteiger partial charge on any atom is 0.287 e. The summed E-state index contributed by atoms with van der Waals surface area (Å²) in [6.07, 6.45) is 3.40. The molecule has 2 aliphatic rings. The Kier molecular flexibility index (Phi) is 7.83. The largest absolute Gasteiger partial charge is 0.455 e. The third-order valence-electron chi connectivity index (χ3n) is 6.79. The molecule has 1 aromatic carbocycles. The molecule has 11 heteroatoms. The quantitative estimate of drug-likeness (QED) is 0.239. The molecule has 6 rings (SSSR count). The number of hydrogen-bond donors (Lipinski definition) is 1. The monoisotopic (exact) mass is 558 g/mol. The lowest BCUT2D eigenvalue weighted by Crippen LogP contribution is -2.46. The van der Waals surface area contributed by atoms with Gasteiger partial charge in [0.05, 0.1) is 5.75 Å². The highest BCUT2D eigenvalue weighted by atomic mass is 32.2. The Morgan fingerprint density at radius 3 is 2.62 bits per heavy atom. The zero-order chi connectivity index (χ0) is 27.3. The summed E-state index contributed by atoms with van der Waals surface area (Å²) in [6.45, 7) is 7.24. The van der Waals surface area contributed by atoms with Gasteiger partial charge in [-0.1, -0.05) is 17.8 Å². The number of carbonyl (C=O) groups is 1. The first-order valence-corrected chi connectivity index (χ1v) is 14.2. The second-order valence-electron chi connectivity index (χ2n) is 9.69. The third-order valence-corrected chi connectivity index (χ3v) is 7.66. The average Bonchev–Trinajstić information content (AvgIpc) is 3.65. The van der Waals surface area contributed by atoms with Crippen molar-refractivity contribution in [2.45, 2.75) is 30.9 Å². The van der Waals surface area contributed by atoms with Gasteiger partial charge in [-0.15, -0.1) is 0 Å². The smallest absolute Gasteiger partial charge is 0.287 e. The fraction of sp³-hybridized carbons (Fsp3) is 0.310. The van der Waals surface area contributed by atoms with Crippen LogP contribution in [0.4, 0.5) is 5.82 Å². The average molecular weight is 559 g/mol. The van der Waals surface area contributed by atoms with E-state index in [1.165, 1.54) is 17.3 Å². The van der Waals surface area contributed by atoms with E-state index in [1.807, 2.05) is 37.3 Å². The lowest BCUT2D eigenvalue weighted by atomic mass is 10.1. The van der Waals surface area contributed by atoms with Gasteiger partial charge in [-0.25, -0.2) is 9.97 Å². The minimum atomic E-state index is -0.250. The molecule has 0 saturated carbocycles. The van der Waals surface area contributed by atoms with Gasteiger partial charge in [0.2, 0.25) is 6.79 Å². The molecule has 1 saturated heterocycles. The van der Waals surface area contributed by atoms with E-state index in [0.29, 0.717) is 30.0 Å². The van der Waals surface area contributed by atoms with Crippen LogP contribution in [0, 0.1) is 6.92 Å². The van der Waals surface area contributed by atoms with Crippen molar-refractivity contribution in [3.05, 3.63) is 89.3 Å². The number of benzene rings is 1. The van der Waals surface area contributed by atoms with Crippen LogP contribution in [-0.2, 0) is 18.8 Å². The number of thioether (sulfide) groups is 1. The third kappa shape index (κ3) is 6.37. The van der Waals surface area contributed by atoms with E-state index < -0.39 is 0 Å². The fourth-order valence-corrected chi connectivity index (χ4v) is 5.46. The van der Waals surface area contributed by atoms with E-state index in [2.05, 4.69) is 37.2 Å². The molecule has 0 aliphatic carbocycles. The number of nitrogens with zero attached hydrogens (tertiary/aromatic N) is 5. The number of pyridine rings is 1. The van der Waals surface area contributed by atoms with E-state index in [-0.39, 0.29) is 11.7 Å². The van der Waals surface area contributed by atoms with E-state index >= 15 is 0 Å². The summed E-state index contributed by atoms with van der Waals surface area (Å²) >= 11 is 1.50. The van der Waals surface area contributed by atoms with Crippen LogP contribution < -0.4 is 19.7 Å². The number of nitrogens with one attached hydrogen (secondary N) is 1. The van der Waals surface area contributed by atoms with Crippen molar-refractivity contribution >= 4 is 23.5 Å². The highest BCUT2D eigenvalue weighted by Crippen LogP contribution is 2.33. The van der Waals surface area contributed by atoms with Gasteiger partial charge in [0, 0.05) is 63.4 Å². The Morgan fingerprint density at radius 1 is 0.950 bits per heavy atom. The number of hydrogen-bond acceptors (Lipinski definition) is 10. The Bertz CT molecular complexity index is 1470. The molecule has 1 amide bonds. The van der Waals surface area contributed by atoms with Gasteiger partial charge in [0.25, 0.3) is 5.91 Å². The molecule has 206 valence electrons. The molecule has 2 aliphatic heterocycles. The minimum absolute atomic E-state index is 0.250. The number of anilines is 1. The number of amides is 1. The first-order chi connectivity index (χ1) is 19.6. The maximum absolute atomic E-state index is 12.5. The number of ether oxygens (including phenoxy) is 2. The molecule has 0 unspecified atom stereocenters. The van der Waals surface area contributed by atoms with Crippen LogP contribution in [0.15, 0.2) is 70.5 Å². The predicted octanol–water partition coefficient (Wildman–Crippen LogP) is 4.05. The summed E-state index contributed by atoms with van der Waals surface area (Å²) in [7, 11) is 0. The molecular weight excluding hydrogens is 528 g/mol. The molecule has 0 spiro atoms. The number of piperazine rings is 1. The Labute approximate surface area is 236 Å². The zero-order valence-electron chi connectivity index (χ0n) is 22.2. The standard InChI is InChI=1S/C29H30N6O4S/c1-20-14-27(35-12-10-34(11-13-35)17-22-2-4-24-26(15-22)38-19-37-24)33-29(32-20)40-18-23-3-5-25(39-23)28(36)31-16-21-6-8-30-9-7-21/h2-9,14-15H,10-13,16-19H2,1H3,(H,31,36). The van der Waals surface area contributed by atoms with Gasteiger partial charge >= 0.3 is 0 Å². The molecule has 5 heterocycles. The van der Waals surface area contributed by atoms with Gasteiger partial charge < -0.3 is 24.1 Å². The highest BCUT2D eigenvalue weighted by molar-refractivity contribution is 7.98. The van der Waals surface area contributed by atoms with Crippen LogP contribution in [0.1, 0.15) is 33.1 Å². The Morgan fingerprint density at radius 2 is 1.77 bits per heavy atom. The normalized spacial score (nSPS) is 14.9. The summed E-state index contributed by atoms with van der Waals surface area (Å²) in [5.74, 6) is 3.85. The van der Waals surface area contributed by atoms with Crippen LogP contribution in [0.25, 0.3) is 0 Å². The van der Waals surface area contributed by atoms with Gasteiger partial charge in [-0.05, 0) is 54.4 Å². The van der Waals surface area contributed by atoms with E-state index in [1.54, 1.807) is 18.5 Å². The SMILES string of the molecule is Cc1cc(N2CCN(Cc3ccc4c(c3)OCO4)CC2)nc(SCc2ccc(C(=O)NCc3ccncc3)o2)n1. The van der Waals surface area contributed by atoms with Crippen molar-refractivity contribution in [3.63, 3.8) is 0 Å². The lowest BCUT2D eigenvalue weighted by Gasteiger charge is -2.35. The number of carbonyl (C=O) groups excluding carboxylic acids is 1. The first kappa shape index (κ1) is 26.1. The molecule has 0 bridgehead atoms. The maximum atomic E-state index is 12.5. The molecule has 1 fully saturated rings. The van der Waals surface area contributed by atoms with Crippen LogP contribution in [0.2, 0.25) is 0 Å². The summed E-state index contributed by atoms with van der Waals surface area (Å²) < 4.78 is 16.7. The van der Waals surface area contributed by atoms with Gasteiger partial charge in [0.1, 0.15) is 11.6 Å². The molecule has 3 aromatic heterocycles. The first-order valence-electron chi connectivity index (χ1n) is 13.2. The number of fused-ring (bicyclic) bond motifs is 1. The summed E-state index contributed by atoms with van der Waals surface area (Å²) in [6, 6.07) is 15.4. The van der Waals surface area contributed by atoms with Gasteiger partial charge in [-0.3, -0.25) is 14.7 Å². The molecular formula is C29H30N6O4S. The zero-order valence-corrected chi connectivity index (χ0v) is 23.0. The van der Waals surface area contributed by atoms with Crippen molar-refractivity contribution < 1.29 is 18.7 Å². The van der Waals surface area contributed by atoms with Crippen molar-refractivity contribution in [1.29, 1.82) is 0 Å². The molecule has 0 atom stereocenters. The number of aryl methyl sites for hydroxylation is 1. The summed E-state index contributed by atoms with van der Waals surface area (Å²) in [4.78, 5) is 30.7. The van der Waals surface area contributed by atoms with Gasteiger partial charge in [-0.2, -0.15) is 0 Å². The fourth-order valence-electron chi connectivity index (χ4n) is 4.67.